The van der Waals surface area contributed by atoms with E-state index in [2.05, 4.69) is 25.9 Å². The van der Waals surface area contributed by atoms with E-state index in [9.17, 15) is 0 Å². The summed E-state index contributed by atoms with van der Waals surface area (Å²) in [5, 5.41) is 0.445. The molecule has 0 N–H and O–H groups in total. The van der Waals surface area contributed by atoms with Crippen LogP contribution in [0.4, 0.5) is 0 Å². The fourth-order valence-corrected chi connectivity index (χ4v) is 3.37. The summed E-state index contributed by atoms with van der Waals surface area (Å²) in [7, 11) is 0. The number of aryl methyl sites for hydroxylation is 1. The number of nitrogens with zero attached hydrogens (tertiary/aromatic N) is 3. The molecule has 3 aromatic heterocycles. The van der Waals surface area contributed by atoms with E-state index in [-0.39, 0.29) is 0 Å². The van der Waals surface area contributed by atoms with E-state index < -0.39 is 0 Å². The van der Waals surface area contributed by atoms with E-state index in [1.165, 1.54) is 0 Å². The van der Waals surface area contributed by atoms with Crippen LogP contribution in [-0.2, 0) is 0 Å². The van der Waals surface area contributed by atoms with E-state index in [0.717, 1.165) is 25.5 Å². The Morgan fingerprint density at radius 3 is 3.13 bits per heavy atom. The number of halogens is 2. The first kappa shape index (κ1) is 9.57. The molecule has 0 fully saturated rings. The maximum Gasteiger partial charge on any atom is 0.176 e. The van der Waals surface area contributed by atoms with Gasteiger partial charge in [0.2, 0.25) is 0 Å². The maximum atomic E-state index is 6.05. The molecule has 3 heterocycles. The highest BCUT2D eigenvalue weighted by Gasteiger charge is 2.12. The molecule has 0 aliphatic rings. The zero-order valence-electron chi connectivity index (χ0n) is 7.66. The molecule has 0 aliphatic heterocycles. The zero-order valence-corrected chi connectivity index (χ0v) is 10.8. The Balaban J connectivity index is 2.66. The lowest BCUT2D eigenvalue weighted by molar-refractivity contribution is 1.16. The molecule has 0 spiro atoms. The molecule has 0 radical (unpaired) electrons. The lowest BCUT2D eigenvalue weighted by Gasteiger charge is -1.99. The Bertz CT molecular complexity index is 673. The van der Waals surface area contributed by atoms with Gasteiger partial charge < -0.3 is 0 Å². The molecule has 0 amide bonds. The van der Waals surface area contributed by atoms with Crippen molar-refractivity contribution in [1.82, 2.24) is 14.4 Å². The summed E-state index contributed by atoms with van der Waals surface area (Å²) in [6.07, 6.45) is 1.80. The van der Waals surface area contributed by atoms with Crippen molar-refractivity contribution in [3.8, 4) is 0 Å². The Morgan fingerprint density at radius 2 is 2.33 bits per heavy atom. The topological polar surface area (TPSA) is 30.2 Å². The second-order valence-corrected chi connectivity index (χ2v) is 5.97. The average molecular weight is 303 g/mol. The molecule has 0 aromatic carbocycles. The van der Waals surface area contributed by atoms with Crippen molar-refractivity contribution in [3.63, 3.8) is 0 Å². The van der Waals surface area contributed by atoms with Crippen LogP contribution >= 0.6 is 38.9 Å². The molecule has 76 valence electrons. The molecule has 6 heteroatoms. The molecule has 3 nitrogen and oxygen atoms in total. The molecule has 0 aliphatic carbocycles. The van der Waals surface area contributed by atoms with Crippen LogP contribution in [0.2, 0.25) is 5.15 Å². The number of aromatic nitrogens is 3. The van der Waals surface area contributed by atoms with Crippen LogP contribution < -0.4 is 0 Å². The predicted molar refractivity (Wildman–Crippen MR) is 65.8 cm³/mol. The highest BCUT2D eigenvalue weighted by Crippen LogP contribution is 2.31. The van der Waals surface area contributed by atoms with Gasteiger partial charge in [-0.1, -0.05) is 11.6 Å². The fourth-order valence-electron chi connectivity index (χ4n) is 1.58. The maximum absolute atomic E-state index is 6.05. The van der Waals surface area contributed by atoms with Gasteiger partial charge >= 0.3 is 0 Å². The second kappa shape index (κ2) is 3.17. The van der Waals surface area contributed by atoms with Crippen molar-refractivity contribution in [3.05, 3.63) is 26.9 Å². The lowest BCUT2D eigenvalue weighted by atomic mass is 10.5. The molecule has 0 atom stereocenters. The van der Waals surface area contributed by atoms with Gasteiger partial charge in [-0.3, -0.25) is 4.40 Å². The van der Waals surface area contributed by atoms with Crippen LogP contribution in [-0.4, -0.2) is 14.4 Å². The molecule has 3 aromatic rings. The number of imidazole rings is 1. The van der Waals surface area contributed by atoms with Gasteiger partial charge in [0.05, 0.1) is 3.79 Å². The summed E-state index contributed by atoms with van der Waals surface area (Å²) in [5.41, 5.74) is 2.68. The minimum absolute atomic E-state index is 0.445. The van der Waals surface area contributed by atoms with E-state index in [1.807, 2.05) is 17.4 Å². The first-order valence-corrected chi connectivity index (χ1v) is 6.24. The number of hydrogen-bond acceptors (Lipinski definition) is 3. The van der Waals surface area contributed by atoms with Crippen LogP contribution in [0, 0.1) is 6.92 Å². The van der Waals surface area contributed by atoms with Gasteiger partial charge in [-0.2, -0.15) is 0 Å². The summed E-state index contributed by atoms with van der Waals surface area (Å²) in [5.74, 6) is 0. The predicted octanol–water partition coefficient (Wildman–Crippen LogP) is 3.67. The summed E-state index contributed by atoms with van der Waals surface area (Å²) < 4.78 is 3.07. The number of thiophene rings is 1. The summed E-state index contributed by atoms with van der Waals surface area (Å²) in [4.78, 5) is 9.60. The Kier molecular flexibility index (Phi) is 2.02. The van der Waals surface area contributed by atoms with Crippen LogP contribution in [0.3, 0.4) is 0 Å². The first-order valence-electron chi connectivity index (χ1n) is 4.25. The number of hydrogen-bond donors (Lipinski definition) is 0. The average Bonchev–Trinajstić information content (AvgIpc) is 2.69. The Morgan fingerprint density at radius 1 is 1.53 bits per heavy atom. The third kappa shape index (κ3) is 1.30. The fraction of sp³-hybridized carbons (Fsp3) is 0.111. The van der Waals surface area contributed by atoms with Crippen LogP contribution in [0.15, 0.2) is 16.0 Å². The van der Waals surface area contributed by atoms with Crippen molar-refractivity contribution < 1.29 is 0 Å². The summed E-state index contributed by atoms with van der Waals surface area (Å²) in [6, 6.07) is 1.96. The zero-order chi connectivity index (χ0) is 10.6. The standard InChI is InChI=1S/C9H5BrClN3S/c1-4-3-12-8-7(11)13-5-2-6(10)15-9(5)14(4)8/h2-3H,1H3. The van der Waals surface area contributed by atoms with Crippen LogP contribution in [0.1, 0.15) is 5.69 Å². The smallest absolute Gasteiger partial charge is 0.176 e. The highest BCUT2D eigenvalue weighted by molar-refractivity contribution is 9.11. The van der Waals surface area contributed by atoms with Crippen molar-refractivity contribution in [1.29, 1.82) is 0 Å². The first-order chi connectivity index (χ1) is 7.16. The molecule has 3 rings (SSSR count). The van der Waals surface area contributed by atoms with Gasteiger partial charge in [0.1, 0.15) is 10.3 Å². The van der Waals surface area contributed by atoms with Crippen molar-refractivity contribution >= 4 is 54.9 Å². The molecule has 0 saturated heterocycles. The Hall–Kier alpha value is -0.650. The monoisotopic (exact) mass is 301 g/mol. The second-order valence-electron chi connectivity index (χ2n) is 3.20. The largest absolute Gasteiger partial charge is 0.284 e. The van der Waals surface area contributed by atoms with Gasteiger partial charge in [0.15, 0.2) is 10.8 Å². The minimum atomic E-state index is 0.445. The third-order valence-electron chi connectivity index (χ3n) is 2.21. The quantitative estimate of drug-likeness (QED) is 0.634. The van der Waals surface area contributed by atoms with E-state index in [0.29, 0.717) is 5.15 Å². The summed E-state index contributed by atoms with van der Waals surface area (Å²) in [6.45, 7) is 2.00. The van der Waals surface area contributed by atoms with Gasteiger partial charge in [0, 0.05) is 11.9 Å². The Labute approximate surface area is 103 Å². The van der Waals surface area contributed by atoms with Crippen molar-refractivity contribution in [2.75, 3.05) is 0 Å². The van der Waals surface area contributed by atoms with Crippen LogP contribution in [0.25, 0.3) is 16.0 Å². The molecule has 0 unspecified atom stereocenters. The molecule has 15 heavy (non-hydrogen) atoms. The number of fused-ring (bicyclic) bond motifs is 3. The number of rotatable bonds is 0. The highest BCUT2D eigenvalue weighted by atomic mass is 79.9. The van der Waals surface area contributed by atoms with E-state index >= 15 is 0 Å². The molecule has 0 saturated carbocycles. The summed E-state index contributed by atoms with van der Waals surface area (Å²) >= 11 is 11.1. The van der Waals surface area contributed by atoms with Gasteiger partial charge in [-0.15, -0.1) is 11.3 Å². The third-order valence-corrected chi connectivity index (χ3v) is 4.07. The normalized spacial score (nSPS) is 11.7. The van der Waals surface area contributed by atoms with E-state index in [1.54, 1.807) is 17.5 Å². The van der Waals surface area contributed by atoms with Gasteiger partial charge in [0.25, 0.3) is 0 Å². The van der Waals surface area contributed by atoms with Crippen LogP contribution in [0.5, 0.6) is 0 Å². The van der Waals surface area contributed by atoms with E-state index in [4.69, 9.17) is 11.6 Å². The van der Waals surface area contributed by atoms with Crippen molar-refractivity contribution in [2.24, 2.45) is 0 Å². The molecular formula is C9H5BrClN3S. The molecular weight excluding hydrogens is 298 g/mol. The lowest BCUT2D eigenvalue weighted by Crippen LogP contribution is -1.91. The van der Waals surface area contributed by atoms with Gasteiger partial charge in [-0.25, -0.2) is 9.97 Å². The minimum Gasteiger partial charge on any atom is -0.284 e. The SMILES string of the molecule is Cc1cnc2c(Cl)nc3cc(Br)sc3n12. The van der Waals surface area contributed by atoms with Crippen molar-refractivity contribution in [2.45, 2.75) is 6.92 Å². The molecule has 0 bridgehead atoms. The van der Waals surface area contributed by atoms with Gasteiger partial charge in [-0.05, 0) is 28.9 Å².